The van der Waals surface area contributed by atoms with E-state index >= 15 is 0 Å². The molecule has 0 radical (unpaired) electrons. The minimum atomic E-state index is -0.430. The van der Waals surface area contributed by atoms with Gasteiger partial charge in [0, 0.05) is 23.7 Å². The average Bonchev–Trinajstić information content (AvgIpc) is 3.15. The van der Waals surface area contributed by atoms with Crippen molar-refractivity contribution in [3.05, 3.63) is 68.9 Å². The van der Waals surface area contributed by atoms with Crippen LogP contribution in [0.2, 0.25) is 10.0 Å². The molecular formula is C19H17Cl2FN2O2S. The molecule has 3 rings (SSSR count). The van der Waals surface area contributed by atoms with Crippen molar-refractivity contribution < 1.29 is 13.9 Å². The van der Waals surface area contributed by atoms with Crippen molar-refractivity contribution in [1.82, 2.24) is 4.98 Å². The maximum atomic E-state index is 14.0. The number of rotatable bonds is 8. The molecular weight excluding hydrogens is 410 g/mol. The van der Waals surface area contributed by atoms with Gasteiger partial charge in [0.2, 0.25) is 0 Å². The smallest absolute Gasteiger partial charge is 0.182 e. The molecule has 2 aromatic carbocycles. The number of halogens is 3. The number of ether oxygens (including phenoxy) is 2. The number of nitrogens with one attached hydrogen (secondary N) is 1. The first-order chi connectivity index (χ1) is 13.1. The van der Waals surface area contributed by atoms with Crippen molar-refractivity contribution >= 4 is 39.7 Å². The molecule has 0 saturated carbocycles. The Morgan fingerprint density at radius 1 is 1.19 bits per heavy atom. The fraction of sp³-hybridized carbons (Fsp3) is 0.211. The molecule has 27 heavy (non-hydrogen) atoms. The molecule has 0 aliphatic carbocycles. The second kappa shape index (κ2) is 9.26. The molecule has 0 spiro atoms. The summed E-state index contributed by atoms with van der Waals surface area (Å²) in [5.74, 6) is 0.421. The van der Waals surface area contributed by atoms with E-state index in [2.05, 4.69) is 10.3 Å². The minimum absolute atomic E-state index is 0.0536. The van der Waals surface area contributed by atoms with Crippen LogP contribution < -0.4 is 14.8 Å². The van der Waals surface area contributed by atoms with Gasteiger partial charge in [-0.25, -0.2) is 9.37 Å². The maximum absolute atomic E-state index is 14.0. The van der Waals surface area contributed by atoms with Crippen molar-refractivity contribution in [2.45, 2.75) is 20.1 Å². The van der Waals surface area contributed by atoms with Gasteiger partial charge in [-0.2, -0.15) is 0 Å². The van der Waals surface area contributed by atoms with Crippen LogP contribution in [0, 0.1) is 5.82 Å². The molecule has 0 saturated heterocycles. The lowest BCUT2D eigenvalue weighted by atomic mass is 10.2. The highest BCUT2D eigenvalue weighted by atomic mass is 35.5. The van der Waals surface area contributed by atoms with Gasteiger partial charge in [0.15, 0.2) is 16.6 Å². The van der Waals surface area contributed by atoms with E-state index in [0.717, 1.165) is 10.7 Å². The molecule has 142 valence electrons. The molecule has 3 aromatic rings. The average molecular weight is 427 g/mol. The van der Waals surface area contributed by atoms with E-state index in [4.69, 9.17) is 32.7 Å². The van der Waals surface area contributed by atoms with Gasteiger partial charge in [0.1, 0.15) is 12.4 Å². The molecule has 0 unspecified atom stereocenters. The standard InChI is InChI=1S/C19H17Cl2FN2O2S/c1-2-25-17-9-12(10-24-19-23-6-7-27-19)8-15(21)18(17)26-11-13-14(20)4-3-5-16(13)22/h3-9H,2,10-11H2,1H3,(H,23,24). The number of aromatic nitrogens is 1. The third-order valence-electron chi connectivity index (χ3n) is 3.67. The van der Waals surface area contributed by atoms with Crippen LogP contribution >= 0.6 is 34.5 Å². The van der Waals surface area contributed by atoms with Gasteiger partial charge in [-0.1, -0.05) is 29.3 Å². The van der Waals surface area contributed by atoms with Crippen molar-refractivity contribution in [3.8, 4) is 11.5 Å². The Bertz CT molecular complexity index is 887. The van der Waals surface area contributed by atoms with Crippen molar-refractivity contribution in [2.75, 3.05) is 11.9 Å². The van der Waals surface area contributed by atoms with Crippen LogP contribution in [0.15, 0.2) is 41.9 Å². The molecule has 1 heterocycles. The van der Waals surface area contributed by atoms with E-state index in [-0.39, 0.29) is 12.2 Å². The summed E-state index contributed by atoms with van der Waals surface area (Å²) in [7, 11) is 0. The molecule has 1 N–H and O–H groups in total. The second-order valence-electron chi connectivity index (χ2n) is 5.52. The molecule has 0 aliphatic rings. The van der Waals surface area contributed by atoms with E-state index in [9.17, 15) is 4.39 Å². The first kappa shape index (κ1) is 19.7. The zero-order valence-corrected chi connectivity index (χ0v) is 16.8. The Labute approximate surface area is 170 Å². The summed E-state index contributed by atoms with van der Waals surface area (Å²) in [4.78, 5) is 4.18. The van der Waals surface area contributed by atoms with E-state index in [1.54, 1.807) is 24.4 Å². The lowest BCUT2D eigenvalue weighted by Crippen LogP contribution is -2.05. The van der Waals surface area contributed by atoms with Crippen LogP contribution in [0.5, 0.6) is 11.5 Å². The summed E-state index contributed by atoms with van der Waals surface area (Å²) in [5, 5.41) is 6.61. The summed E-state index contributed by atoms with van der Waals surface area (Å²) in [6.07, 6.45) is 1.73. The number of nitrogens with zero attached hydrogens (tertiary/aromatic N) is 1. The van der Waals surface area contributed by atoms with Gasteiger partial charge >= 0.3 is 0 Å². The molecule has 0 amide bonds. The number of hydrogen-bond acceptors (Lipinski definition) is 5. The molecule has 8 heteroatoms. The van der Waals surface area contributed by atoms with Crippen LogP contribution in [0.25, 0.3) is 0 Å². The monoisotopic (exact) mass is 426 g/mol. The Balaban J connectivity index is 1.79. The summed E-state index contributed by atoms with van der Waals surface area (Å²) >= 11 is 14.0. The first-order valence-corrected chi connectivity index (χ1v) is 9.86. The lowest BCUT2D eigenvalue weighted by molar-refractivity contribution is 0.266. The van der Waals surface area contributed by atoms with Crippen molar-refractivity contribution in [3.63, 3.8) is 0 Å². The lowest BCUT2D eigenvalue weighted by Gasteiger charge is -2.16. The fourth-order valence-electron chi connectivity index (χ4n) is 2.43. The highest BCUT2D eigenvalue weighted by Crippen LogP contribution is 2.38. The zero-order valence-electron chi connectivity index (χ0n) is 14.5. The van der Waals surface area contributed by atoms with E-state index in [1.807, 2.05) is 18.4 Å². The summed E-state index contributed by atoms with van der Waals surface area (Å²) in [6.45, 7) is 2.79. The maximum Gasteiger partial charge on any atom is 0.182 e. The molecule has 0 bridgehead atoms. The van der Waals surface area contributed by atoms with Crippen LogP contribution in [-0.2, 0) is 13.2 Å². The normalized spacial score (nSPS) is 10.7. The molecule has 0 fully saturated rings. The zero-order chi connectivity index (χ0) is 19.2. The SMILES string of the molecule is CCOc1cc(CNc2nccs2)cc(Cl)c1OCc1c(F)cccc1Cl. The van der Waals surface area contributed by atoms with Crippen LogP contribution in [0.1, 0.15) is 18.1 Å². The Morgan fingerprint density at radius 3 is 2.74 bits per heavy atom. The molecule has 1 aromatic heterocycles. The number of thiazole rings is 1. The quantitative estimate of drug-likeness (QED) is 0.466. The third kappa shape index (κ3) is 5.03. The summed E-state index contributed by atoms with van der Waals surface area (Å²) in [6, 6.07) is 8.12. The van der Waals surface area contributed by atoms with Crippen LogP contribution in [0.3, 0.4) is 0 Å². The third-order valence-corrected chi connectivity index (χ3v) is 5.03. The van der Waals surface area contributed by atoms with E-state index in [0.29, 0.717) is 34.7 Å². The minimum Gasteiger partial charge on any atom is -0.490 e. The highest BCUT2D eigenvalue weighted by Gasteiger charge is 2.15. The fourth-order valence-corrected chi connectivity index (χ4v) is 3.46. The topological polar surface area (TPSA) is 43.4 Å². The number of benzene rings is 2. The van der Waals surface area contributed by atoms with Gasteiger partial charge in [-0.05, 0) is 36.8 Å². The Hall–Kier alpha value is -2.02. The van der Waals surface area contributed by atoms with Gasteiger partial charge in [-0.15, -0.1) is 11.3 Å². The van der Waals surface area contributed by atoms with E-state index < -0.39 is 5.82 Å². The predicted octanol–water partition coefficient (Wildman–Crippen LogP) is 6.18. The number of hydrogen-bond donors (Lipinski definition) is 1. The van der Waals surface area contributed by atoms with Gasteiger partial charge in [0.25, 0.3) is 0 Å². The Kier molecular flexibility index (Phi) is 6.77. The molecule has 4 nitrogen and oxygen atoms in total. The van der Waals surface area contributed by atoms with Crippen molar-refractivity contribution in [2.24, 2.45) is 0 Å². The summed E-state index contributed by atoms with van der Waals surface area (Å²) in [5.41, 5.74) is 1.18. The predicted molar refractivity (Wildman–Crippen MR) is 108 cm³/mol. The molecule has 0 aliphatic heterocycles. The van der Waals surface area contributed by atoms with Crippen molar-refractivity contribution in [1.29, 1.82) is 0 Å². The second-order valence-corrected chi connectivity index (χ2v) is 7.23. The van der Waals surface area contributed by atoms with Gasteiger partial charge < -0.3 is 14.8 Å². The van der Waals surface area contributed by atoms with E-state index in [1.165, 1.54) is 17.4 Å². The molecule has 0 atom stereocenters. The largest absolute Gasteiger partial charge is 0.490 e. The van der Waals surface area contributed by atoms with Crippen LogP contribution in [0.4, 0.5) is 9.52 Å². The van der Waals surface area contributed by atoms with Gasteiger partial charge in [-0.3, -0.25) is 0 Å². The van der Waals surface area contributed by atoms with Crippen LogP contribution in [-0.4, -0.2) is 11.6 Å². The van der Waals surface area contributed by atoms with Gasteiger partial charge in [0.05, 0.1) is 16.7 Å². The number of anilines is 1. The first-order valence-electron chi connectivity index (χ1n) is 8.22. The Morgan fingerprint density at radius 2 is 2.04 bits per heavy atom. The summed E-state index contributed by atoms with van der Waals surface area (Å²) < 4.78 is 25.4. The highest BCUT2D eigenvalue weighted by molar-refractivity contribution is 7.13.